The molecule has 1 aliphatic rings. The molecule has 0 bridgehead atoms. The Labute approximate surface area is 277 Å². The number of nitrogens with zero attached hydrogens (tertiary/aromatic N) is 2. The molecule has 45 heavy (non-hydrogen) atoms. The largest absolute Gasteiger partial charge is 0.373 e. The molecule has 0 amide bonds. The zero-order chi connectivity index (χ0) is 32.0. The fraction of sp³-hybridized carbons (Fsp3) is 0.472. The summed E-state index contributed by atoms with van der Waals surface area (Å²) in [5.41, 5.74) is 6.05. The van der Waals surface area contributed by atoms with Crippen molar-refractivity contribution < 1.29 is 17.9 Å². The number of benzene rings is 3. The Hall–Kier alpha value is -2.88. The molecule has 5 nitrogen and oxygen atoms in total. The van der Waals surface area contributed by atoms with Gasteiger partial charge in [-0.2, -0.15) is 0 Å². The van der Waals surface area contributed by atoms with Gasteiger partial charge in [0.2, 0.25) is 0 Å². The molecule has 0 radical (unpaired) electrons. The maximum absolute atomic E-state index is 15.1. The van der Waals surface area contributed by atoms with Crippen molar-refractivity contribution in [1.82, 2.24) is 15.5 Å². The second-order valence-corrected chi connectivity index (χ2v) is 13.0. The summed E-state index contributed by atoms with van der Waals surface area (Å²) in [6.45, 7) is 17.1. The van der Waals surface area contributed by atoms with Gasteiger partial charge in [-0.25, -0.2) is 18.2 Å². The van der Waals surface area contributed by atoms with Crippen molar-refractivity contribution in [3.05, 3.63) is 105 Å². The van der Waals surface area contributed by atoms with E-state index in [4.69, 9.17) is 9.73 Å². The predicted octanol–water partition coefficient (Wildman–Crippen LogP) is 7.72. The van der Waals surface area contributed by atoms with Crippen LogP contribution in [0.5, 0.6) is 0 Å². The standard InChI is InChI=1S/C36H47F3N4O.BrH/c1-23-17-28(36(5,6)7)18-24(2)30(23)15-16-40-35(41-19-27-11-13-29(37)14-12-27)42-20-33(34-31(38)9-8-10-32(34)39)43-21-25(3)44-26(4)22-43;/h8-14,17-18,25-26,33H,15-16,19-22H2,1-7H3,(H2,40,41,42);1H. The van der Waals surface area contributed by atoms with Crippen LogP contribution in [0.3, 0.4) is 0 Å². The molecule has 0 aromatic heterocycles. The molecule has 2 N–H and O–H groups in total. The molecule has 246 valence electrons. The second-order valence-electron chi connectivity index (χ2n) is 13.0. The molecule has 9 heteroatoms. The van der Waals surface area contributed by atoms with Crippen molar-refractivity contribution in [3.63, 3.8) is 0 Å². The molecule has 4 rings (SSSR count). The van der Waals surface area contributed by atoms with E-state index in [9.17, 15) is 4.39 Å². The molecular weight excluding hydrogens is 641 g/mol. The Morgan fingerprint density at radius 3 is 2.07 bits per heavy atom. The summed E-state index contributed by atoms with van der Waals surface area (Å²) in [4.78, 5) is 6.85. The van der Waals surface area contributed by atoms with Crippen molar-refractivity contribution >= 4 is 22.9 Å². The lowest BCUT2D eigenvalue weighted by Crippen LogP contribution is -2.51. The molecular formula is C36H48BrF3N4O. The van der Waals surface area contributed by atoms with E-state index in [-0.39, 0.29) is 52.5 Å². The zero-order valence-corrected chi connectivity index (χ0v) is 29.2. The Morgan fingerprint density at radius 1 is 0.933 bits per heavy atom. The minimum absolute atomic E-state index is 0. The fourth-order valence-corrected chi connectivity index (χ4v) is 5.97. The SMILES string of the molecule is Br.Cc1cc(C(C)(C)C)cc(C)c1CCNC(=NCc1ccc(F)cc1)NCC(c1c(F)cccc1F)N1CC(C)OC(C)C1. The summed E-state index contributed by atoms with van der Waals surface area (Å²) in [6, 6.07) is 14.2. The van der Waals surface area contributed by atoms with Crippen molar-refractivity contribution in [2.75, 3.05) is 26.2 Å². The monoisotopic (exact) mass is 688 g/mol. The van der Waals surface area contributed by atoms with Crippen LogP contribution in [0.25, 0.3) is 0 Å². The van der Waals surface area contributed by atoms with Gasteiger partial charge >= 0.3 is 0 Å². The van der Waals surface area contributed by atoms with Crippen LogP contribution in [0.4, 0.5) is 13.2 Å². The van der Waals surface area contributed by atoms with E-state index in [0.29, 0.717) is 32.1 Å². The van der Waals surface area contributed by atoms with Crippen LogP contribution in [0.1, 0.15) is 74.0 Å². The molecule has 1 saturated heterocycles. The average Bonchev–Trinajstić information content (AvgIpc) is 2.93. The summed E-state index contributed by atoms with van der Waals surface area (Å²) in [6.07, 6.45) is 0.636. The molecule has 0 spiro atoms. The van der Waals surface area contributed by atoms with Gasteiger partial charge in [-0.1, -0.05) is 51.1 Å². The van der Waals surface area contributed by atoms with Gasteiger partial charge in [0.05, 0.1) is 24.8 Å². The zero-order valence-electron chi connectivity index (χ0n) is 27.5. The Morgan fingerprint density at radius 2 is 1.51 bits per heavy atom. The third-order valence-corrected chi connectivity index (χ3v) is 8.25. The number of ether oxygens (including phenoxy) is 1. The molecule has 3 unspecified atom stereocenters. The number of hydrogen-bond donors (Lipinski definition) is 2. The summed E-state index contributed by atoms with van der Waals surface area (Å²) in [5.74, 6) is -0.940. The summed E-state index contributed by atoms with van der Waals surface area (Å²) >= 11 is 0. The van der Waals surface area contributed by atoms with Crippen LogP contribution in [-0.4, -0.2) is 49.2 Å². The van der Waals surface area contributed by atoms with E-state index in [2.05, 4.69) is 62.3 Å². The lowest BCUT2D eigenvalue weighted by Gasteiger charge is -2.40. The second kappa shape index (κ2) is 16.1. The highest BCUT2D eigenvalue weighted by atomic mass is 79.9. The number of morpholine rings is 1. The van der Waals surface area contributed by atoms with Gasteiger partial charge in [0.25, 0.3) is 0 Å². The number of rotatable bonds is 9. The van der Waals surface area contributed by atoms with Crippen LogP contribution in [0.15, 0.2) is 59.6 Å². The lowest BCUT2D eigenvalue weighted by molar-refractivity contribution is -0.0810. The smallest absolute Gasteiger partial charge is 0.191 e. The lowest BCUT2D eigenvalue weighted by atomic mass is 9.83. The third-order valence-electron chi connectivity index (χ3n) is 8.25. The minimum atomic E-state index is -0.586. The van der Waals surface area contributed by atoms with Crippen LogP contribution >= 0.6 is 17.0 Å². The Balaban J connectivity index is 0.00000552. The van der Waals surface area contributed by atoms with Gasteiger partial charge in [0.15, 0.2) is 5.96 Å². The van der Waals surface area contributed by atoms with E-state index >= 15 is 8.78 Å². The van der Waals surface area contributed by atoms with E-state index in [0.717, 1.165) is 12.0 Å². The van der Waals surface area contributed by atoms with Crippen LogP contribution in [0, 0.1) is 31.3 Å². The van der Waals surface area contributed by atoms with Crippen molar-refractivity contribution in [3.8, 4) is 0 Å². The molecule has 1 fully saturated rings. The molecule has 0 saturated carbocycles. The first-order chi connectivity index (χ1) is 20.8. The van der Waals surface area contributed by atoms with Gasteiger partial charge < -0.3 is 15.4 Å². The highest BCUT2D eigenvalue weighted by molar-refractivity contribution is 8.93. The van der Waals surface area contributed by atoms with Crippen LogP contribution in [-0.2, 0) is 23.1 Å². The fourth-order valence-electron chi connectivity index (χ4n) is 5.97. The first-order valence-electron chi connectivity index (χ1n) is 15.5. The van der Waals surface area contributed by atoms with Crippen LogP contribution in [0.2, 0.25) is 0 Å². The molecule has 1 aliphatic heterocycles. The first kappa shape index (κ1) is 36.6. The van der Waals surface area contributed by atoms with Crippen molar-refractivity contribution in [1.29, 1.82) is 0 Å². The van der Waals surface area contributed by atoms with Gasteiger partial charge in [-0.15, -0.1) is 17.0 Å². The number of aryl methyl sites for hydroxylation is 2. The first-order valence-corrected chi connectivity index (χ1v) is 15.5. The average molecular weight is 690 g/mol. The van der Waals surface area contributed by atoms with E-state index in [1.807, 2.05) is 13.8 Å². The summed E-state index contributed by atoms with van der Waals surface area (Å²) in [7, 11) is 0. The van der Waals surface area contributed by atoms with Gasteiger partial charge in [0, 0.05) is 31.7 Å². The van der Waals surface area contributed by atoms with Crippen molar-refractivity contribution in [2.24, 2.45) is 4.99 Å². The van der Waals surface area contributed by atoms with Gasteiger partial charge in [-0.05, 0) is 91.6 Å². The summed E-state index contributed by atoms with van der Waals surface area (Å²) in [5, 5.41) is 6.81. The molecule has 0 aliphatic carbocycles. The quantitative estimate of drug-likeness (QED) is 0.179. The van der Waals surface area contributed by atoms with Crippen molar-refractivity contribution in [2.45, 2.75) is 85.1 Å². The van der Waals surface area contributed by atoms with E-state index < -0.39 is 17.7 Å². The highest BCUT2D eigenvalue weighted by Gasteiger charge is 2.32. The normalized spacial score (nSPS) is 18.3. The molecule has 3 aromatic rings. The number of guanidine groups is 1. The number of aliphatic imine (C=N–C) groups is 1. The number of halogens is 4. The van der Waals surface area contributed by atoms with Gasteiger partial charge in [-0.3, -0.25) is 4.90 Å². The maximum Gasteiger partial charge on any atom is 0.191 e. The van der Waals surface area contributed by atoms with E-state index in [1.165, 1.54) is 52.6 Å². The predicted molar refractivity (Wildman–Crippen MR) is 183 cm³/mol. The topological polar surface area (TPSA) is 48.9 Å². The Bertz CT molecular complexity index is 1390. The van der Waals surface area contributed by atoms with E-state index in [1.54, 1.807) is 12.1 Å². The molecule has 3 aromatic carbocycles. The highest BCUT2D eigenvalue weighted by Crippen LogP contribution is 2.29. The third kappa shape index (κ3) is 10.1. The van der Waals surface area contributed by atoms with Gasteiger partial charge in [0.1, 0.15) is 17.5 Å². The molecule has 1 heterocycles. The van der Waals surface area contributed by atoms with Crippen LogP contribution < -0.4 is 10.6 Å². The number of hydrogen-bond acceptors (Lipinski definition) is 3. The molecule has 3 atom stereocenters. The minimum Gasteiger partial charge on any atom is -0.373 e. The summed E-state index contributed by atoms with van der Waals surface area (Å²) < 4.78 is 49.7. The number of nitrogens with one attached hydrogen (secondary N) is 2. The Kier molecular flexibility index (Phi) is 13.1. The maximum atomic E-state index is 15.1.